The van der Waals surface area contributed by atoms with Crippen LogP contribution in [0.4, 0.5) is 5.82 Å². The van der Waals surface area contributed by atoms with E-state index >= 15 is 0 Å². The molecule has 21 heavy (non-hydrogen) atoms. The third kappa shape index (κ3) is 3.16. The van der Waals surface area contributed by atoms with Gasteiger partial charge >= 0.3 is 0 Å². The number of rotatable bonds is 3. The lowest BCUT2D eigenvalue weighted by atomic mass is 10.2. The van der Waals surface area contributed by atoms with Crippen LogP contribution >= 0.6 is 0 Å². The first-order valence-corrected chi connectivity index (χ1v) is 7.53. The van der Waals surface area contributed by atoms with Gasteiger partial charge in [-0.25, -0.2) is 4.98 Å². The number of nitrogen functional groups attached to an aromatic ring is 1. The second-order valence-corrected chi connectivity index (χ2v) is 5.81. The fourth-order valence-electron chi connectivity index (χ4n) is 3.16. The van der Waals surface area contributed by atoms with Gasteiger partial charge in [-0.05, 0) is 25.5 Å². The highest BCUT2D eigenvalue weighted by Gasteiger charge is 2.29. The van der Waals surface area contributed by atoms with Gasteiger partial charge in [0.1, 0.15) is 11.7 Å². The number of pyridine rings is 1. The SMILES string of the molecule is Cc1cc(C(=N)N)cc(N2CCC(N3CCOCC3)C2)n1. The number of nitrogens with two attached hydrogens (primary N) is 1. The van der Waals surface area contributed by atoms with Crippen molar-refractivity contribution in [3.05, 3.63) is 23.4 Å². The van der Waals surface area contributed by atoms with E-state index in [-0.39, 0.29) is 5.84 Å². The van der Waals surface area contributed by atoms with Crippen LogP contribution in [0, 0.1) is 12.3 Å². The highest BCUT2D eigenvalue weighted by Crippen LogP contribution is 2.23. The molecule has 1 atom stereocenters. The zero-order valence-electron chi connectivity index (χ0n) is 12.5. The van der Waals surface area contributed by atoms with E-state index in [9.17, 15) is 0 Å². The Labute approximate surface area is 125 Å². The van der Waals surface area contributed by atoms with Gasteiger partial charge in [0, 0.05) is 43.5 Å². The number of anilines is 1. The van der Waals surface area contributed by atoms with Crippen LogP contribution in [0.2, 0.25) is 0 Å². The summed E-state index contributed by atoms with van der Waals surface area (Å²) >= 11 is 0. The van der Waals surface area contributed by atoms with E-state index in [2.05, 4.69) is 14.8 Å². The molecule has 1 aromatic heterocycles. The van der Waals surface area contributed by atoms with Crippen molar-refractivity contribution in [3.8, 4) is 0 Å². The van der Waals surface area contributed by atoms with Crippen LogP contribution in [-0.4, -0.2) is 61.2 Å². The van der Waals surface area contributed by atoms with Gasteiger partial charge in [-0.2, -0.15) is 0 Å². The van der Waals surface area contributed by atoms with Crippen LogP contribution in [0.5, 0.6) is 0 Å². The summed E-state index contributed by atoms with van der Waals surface area (Å²) in [6.07, 6.45) is 1.16. The quantitative estimate of drug-likeness (QED) is 0.629. The van der Waals surface area contributed by atoms with E-state index in [1.54, 1.807) is 0 Å². The third-order valence-corrected chi connectivity index (χ3v) is 4.30. The summed E-state index contributed by atoms with van der Waals surface area (Å²) in [6, 6.07) is 4.37. The number of amidine groups is 1. The molecule has 0 spiro atoms. The molecule has 2 fully saturated rings. The molecular formula is C15H23N5O. The van der Waals surface area contributed by atoms with Gasteiger partial charge < -0.3 is 15.4 Å². The molecule has 0 amide bonds. The highest BCUT2D eigenvalue weighted by atomic mass is 16.5. The molecule has 0 aliphatic carbocycles. The Morgan fingerprint density at radius 1 is 1.33 bits per heavy atom. The maximum Gasteiger partial charge on any atom is 0.129 e. The number of ether oxygens (including phenoxy) is 1. The molecule has 1 unspecified atom stereocenters. The second kappa shape index (κ2) is 5.99. The molecule has 1 aromatic rings. The lowest BCUT2D eigenvalue weighted by molar-refractivity contribution is 0.0209. The topological polar surface area (TPSA) is 78.5 Å². The predicted octanol–water partition coefficient (Wildman–Crippen LogP) is 0.585. The fourth-order valence-corrected chi connectivity index (χ4v) is 3.16. The largest absolute Gasteiger partial charge is 0.384 e. The number of nitrogens with one attached hydrogen (secondary N) is 1. The lowest BCUT2D eigenvalue weighted by Gasteiger charge is -2.32. The van der Waals surface area contributed by atoms with Crippen LogP contribution in [-0.2, 0) is 4.74 Å². The summed E-state index contributed by atoms with van der Waals surface area (Å²) in [4.78, 5) is 9.43. The molecule has 2 saturated heterocycles. The molecule has 2 aliphatic rings. The van der Waals surface area contributed by atoms with E-state index in [0.29, 0.717) is 6.04 Å². The van der Waals surface area contributed by atoms with Crippen molar-refractivity contribution in [3.63, 3.8) is 0 Å². The van der Waals surface area contributed by atoms with Crippen molar-refractivity contribution >= 4 is 11.7 Å². The summed E-state index contributed by atoms with van der Waals surface area (Å²) in [5, 5.41) is 7.61. The number of aryl methyl sites for hydroxylation is 1. The minimum atomic E-state index is 0.102. The van der Waals surface area contributed by atoms with Gasteiger partial charge in [0.2, 0.25) is 0 Å². The Morgan fingerprint density at radius 3 is 2.81 bits per heavy atom. The summed E-state index contributed by atoms with van der Waals surface area (Å²) < 4.78 is 5.42. The molecule has 0 radical (unpaired) electrons. The normalized spacial score (nSPS) is 23.5. The van der Waals surface area contributed by atoms with Crippen molar-refractivity contribution < 1.29 is 4.74 Å². The standard InChI is InChI=1S/C15H23N5O/c1-11-8-12(15(16)17)9-14(18-11)20-3-2-13(10-20)19-4-6-21-7-5-19/h8-9,13H,2-7,10H2,1H3,(H3,16,17). The average molecular weight is 289 g/mol. The maximum absolute atomic E-state index is 7.61. The molecule has 2 aliphatic heterocycles. The molecule has 6 heteroatoms. The van der Waals surface area contributed by atoms with Gasteiger partial charge in [-0.1, -0.05) is 0 Å². The van der Waals surface area contributed by atoms with E-state index in [1.807, 2.05) is 19.1 Å². The van der Waals surface area contributed by atoms with Crippen LogP contribution in [0.3, 0.4) is 0 Å². The highest BCUT2D eigenvalue weighted by molar-refractivity contribution is 5.95. The average Bonchev–Trinajstić information content (AvgIpc) is 2.97. The molecule has 114 valence electrons. The zero-order chi connectivity index (χ0) is 14.8. The Kier molecular flexibility index (Phi) is 4.07. The van der Waals surface area contributed by atoms with E-state index < -0.39 is 0 Å². The molecule has 0 saturated carbocycles. The van der Waals surface area contributed by atoms with Crippen LogP contribution in [0.15, 0.2) is 12.1 Å². The number of morpholine rings is 1. The molecule has 0 aromatic carbocycles. The molecule has 3 heterocycles. The second-order valence-electron chi connectivity index (χ2n) is 5.81. The van der Waals surface area contributed by atoms with Crippen molar-refractivity contribution in [1.29, 1.82) is 5.41 Å². The Hall–Kier alpha value is -1.66. The van der Waals surface area contributed by atoms with E-state index in [4.69, 9.17) is 15.9 Å². The Balaban J connectivity index is 1.72. The van der Waals surface area contributed by atoms with E-state index in [0.717, 1.165) is 62.9 Å². The Morgan fingerprint density at radius 2 is 2.10 bits per heavy atom. The number of hydrogen-bond acceptors (Lipinski definition) is 5. The summed E-state index contributed by atoms with van der Waals surface area (Å²) in [6.45, 7) is 7.69. The molecule has 6 nitrogen and oxygen atoms in total. The minimum Gasteiger partial charge on any atom is -0.384 e. The Bertz CT molecular complexity index is 527. The zero-order valence-corrected chi connectivity index (χ0v) is 12.5. The maximum atomic E-state index is 7.61. The van der Waals surface area contributed by atoms with Crippen molar-refractivity contribution in [2.75, 3.05) is 44.3 Å². The first-order chi connectivity index (χ1) is 10.1. The fraction of sp³-hybridized carbons (Fsp3) is 0.600. The smallest absolute Gasteiger partial charge is 0.129 e. The van der Waals surface area contributed by atoms with Crippen molar-refractivity contribution in [1.82, 2.24) is 9.88 Å². The monoisotopic (exact) mass is 289 g/mol. The van der Waals surface area contributed by atoms with E-state index in [1.165, 1.54) is 0 Å². The summed E-state index contributed by atoms with van der Waals surface area (Å²) in [5.74, 6) is 1.04. The minimum absolute atomic E-state index is 0.102. The van der Waals surface area contributed by atoms with Crippen LogP contribution in [0.25, 0.3) is 0 Å². The van der Waals surface area contributed by atoms with Gasteiger partial charge in [0.25, 0.3) is 0 Å². The number of hydrogen-bond donors (Lipinski definition) is 2. The van der Waals surface area contributed by atoms with Crippen molar-refractivity contribution in [2.24, 2.45) is 5.73 Å². The van der Waals surface area contributed by atoms with Gasteiger partial charge in [-0.3, -0.25) is 10.3 Å². The lowest BCUT2D eigenvalue weighted by Crippen LogP contribution is -2.44. The van der Waals surface area contributed by atoms with Gasteiger partial charge in [0.15, 0.2) is 0 Å². The molecule has 3 N–H and O–H groups in total. The number of nitrogens with zero attached hydrogens (tertiary/aromatic N) is 3. The van der Waals surface area contributed by atoms with Crippen LogP contribution < -0.4 is 10.6 Å². The van der Waals surface area contributed by atoms with Crippen molar-refractivity contribution in [2.45, 2.75) is 19.4 Å². The molecule has 0 bridgehead atoms. The first-order valence-electron chi connectivity index (χ1n) is 7.53. The van der Waals surface area contributed by atoms with Crippen LogP contribution in [0.1, 0.15) is 17.7 Å². The molecule has 3 rings (SSSR count). The molecular weight excluding hydrogens is 266 g/mol. The first kappa shape index (κ1) is 14.3. The predicted molar refractivity (Wildman–Crippen MR) is 83.0 cm³/mol. The third-order valence-electron chi connectivity index (χ3n) is 4.30. The van der Waals surface area contributed by atoms with Gasteiger partial charge in [-0.15, -0.1) is 0 Å². The van der Waals surface area contributed by atoms with Gasteiger partial charge in [0.05, 0.1) is 13.2 Å². The summed E-state index contributed by atoms with van der Waals surface area (Å²) in [7, 11) is 0. The summed E-state index contributed by atoms with van der Waals surface area (Å²) in [5.41, 5.74) is 7.28. The number of aromatic nitrogens is 1.